The van der Waals surface area contributed by atoms with Gasteiger partial charge < -0.3 is 14.2 Å². The van der Waals surface area contributed by atoms with Gasteiger partial charge in [-0.1, -0.05) is 11.3 Å². The fourth-order valence-electron chi connectivity index (χ4n) is 3.18. The molecule has 2 aromatic rings. The van der Waals surface area contributed by atoms with Crippen LogP contribution in [0.3, 0.4) is 0 Å². The van der Waals surface area contributed by atoms with Gasteiger partial charge in [0.1, 0.15) is 6.61 Å². The first kappa shape index (κ1) is 17.8. The summed E-state index contributed by atoms with van der Waals surface area (Å²) in [4.78, 5) is 30.9. The van der Waals surface area contributed by atoms with Crippen LogP contribution in [0, 0.1) is 6.92 Å². The normalized spacial score (nSPS) is 17.8. The van der Waals surface area contributed by atoms with Gasteiger partial charge in [0.15, 0.2) is 11.6 Å². The summed E-state index contributed by atoms with van der Waals surface area (Å²) in [5.41, 5.74) is 0.899. The average molecular weight is 365 g/mol. The summed E-state index contributed by atoms with van der Waals surface area (Å²) in [6.07, 6.45) is 3.19. The molecule has 0 saturated carbocycles. The molecule has 0 aromatic carbocycles. The van der Waals surface area contributed by atoms with E-state index in [-0.39, 0.29) is 16.8 Å². The van der Waals surface area contributed by atoms with Gasteiger partial charge in [-0.2, -0.15) is 5.10 Å². The zero-order valence-electron chi connectivity index (χ0n) is 14.5. The van der Waals surface area contributed by atoms with Crippen molar-refractivity contribution in [3.8, 4) is 0 Å². The number of likely N-dealkylation sites (tertiary alicyclic amines) is 1. The van der Waals surface area contributed by atoms with Gasteiger partial charge in [-0.05, 0) is 26.2 Å². The van der Waals surface area contributed by atoms with Gasteiger partial charge in [-0.15, -0.1) is 0 Å². The van der Waals surface area contributed by atoms with Crippen molar-refractivity contribution in [3.05, 3.63) is 32.4 Å². The van der Waals surface area contributed by atoms with E-state index in [4.69, 9.17) is 4.74 Å². The van der Waals surface area contributed by atoms with Crippen molar-refractivity contribution in [2.45, 2.75) is 51.8 Å². The van der Waals surface area contributed by atoms with Crippen molar-refractivity contribution in [1.82, 2.24) is 24.6 Å². The first-order chi connectivity index (χ1) is 12.1. The molecule has 0 radical (unpaired) electrons. The second kappa shape index (κ2) is 7.92. The van der Waals surface area contributed by atoms with E-state index < -0.39 is 0 Å². The summed E-state index contributed by atoms with van der Waals surface area (Å²) < 4.78 is 6.72. The van der Waals surface area contributed by atoms with Crippen LogP contribution < -0.4 is 4.87 Å². The summed E-state index contributed by atoms with van der Waals surface area (Å²) in [5.74, 6) is 1.35. The van der Waals surface area contributed by atoms with Crippen LogP contribution in [0.2, 0.25) is 0 Å². The first-order valence-electron chi connectivity index (χ1n) is 8.44. The topological polar surface area (TPSA) is 93.1 Å². The number of methoxy groups -OCH3 is 1. The van der Waals surface area contributed by atoms with E-state index >= 15 is 0 Å². The van der Waals surface area contributed by atoms with E-state index in [1.165, 1.54) is 11.3 Å². The smallest absolute Gasteiger partial charge is 0.307 e. The summed E-state index contributed by atoms with van der Waals surface area (Å²) >= 11 is 1.17. The van der Waals surface area contributed by atoms with Crippen LogP contribution in [0.1, 0.15) is 49.1 Å². The Morgan fingerprint density at radius 1 is 1.48 bits per heavy atom. The van der Waals surface area contributed by atoms with Gasteiger partial charge >= 0.3 is 4.87 Å². The fourth-order valence-corrected chi connectivity index (χ4v) is 3.95. The van der Waals surface area contributed by atoms with Crippen molar-refractivity contribution in [3.63, 3.8) is 0 Å². The zero-order valence-corrected chi connectivity index (χ0v) is 15.3. The highest BCUT2D eigenvalue weighted by Gasteiger charge is 2.30. The maximum Gasteiger partial charge on any atom is 0.307 e. The molecule has 25 heavy (non-hydrogen) atoms. The Morgan fingerprint density at radius 3 is 3.04 bits per heavy atom. The molecule has 1 aliphatic rings. The van der Waals surface area contributed by atoms with Crippen molar-refractivity contribution in [2.75, 3.05) is 13.7 Å². The number of ether oxygens (including phenoxy) is 1. The highest BCUT2D eigenvalue weighted by atomic mass is 32.1. The molecule has 1 fully saturated rings. The van der Waals surface area contributed by atoms with Crippen LogP contribution >= 0.6 is 11.3 Å². The number of amides is 1. The molecule has 136 valence electrons. The lowest BCUT2D eigenvalue weighted by molar-refractivity contribution is -0.135. The number of hydrogen-bond acceptors (Lipinski definition) is 6. The summed E-state index contributed by atoms with van der Waals surface area (Å²) in [6.45, 7) is 3.37. The number of H-pyrrole nitrogens is 1. The molecule has 1 N–H and O–H groups in total. The van der Waals surface area contributed by atoms with E-state index in [1.54, 1.807) is 11.7 Å². The van der Waals surface area contributed by atoms with Crippen molar-refractivity contribution < 1.29 is 9.53 Å². The van der Waals surface area contributed by atoms with Gasteiger partial charge in [-0.25, -0.2) is 4.98 Å². The number of carbonyl (C=O) groups is 1. The van der Waals surface area contributed by atoms with E-state index in [0.29, 0.717) is 37.8 Å². The molecule has 1 saturated heterocycles. The first-order valence-corrected chi connectivity index (χ1v) is 9.32. The van der Waals surface area contributed by atoms with Crippen molar-refractivity contribution in [1.29, 1.82) is 0 Å². The predicted octanol–water partition coefficient (Wildman–Crippen LogP) is 1.63. The van der Waals surface area contributed by atoms with Crippen LogP contribution in [0.5, 0.6) is 0 Å². The highest BCUT2D eigenvalue weighted by molar-refractivity contribution is 7.07. The molecule has 1 amide bonds. The highest BCUT2D eigenvalue weighted by Crippen LogP contribution is 2.29. The lowest BCUT2D eigenvalue weighted by Gasteiger charge is -2.34. The molecular formula is C16H23N5O3S. The minimum atomic E-state index is -0.108. The molecule has 3 heterocycles. The molecule has 1 atom stereocenters. The minimum Gasteiger partial charge on any atom is -0.377 e. The Morgan fingerprint density at radius 2 is 2.32 bits per heavy atom. The van der Waals surface area contributed by atoms with E-state index in [9.17, 15) is 9.59 Å². The minimum absolute atomic E-state index is 0.0151. The third kappa shape index (κ3) is 3.98. The molecule has 0 bridgehead atoms. The van der Waals surface area contributed by atoms with Crippen molar-refractivity contribution >= 4 is 17.2 Å². The molecule has 1 unspecified atom stereocenters. The number of hydrogen-bond donors (Lipinski definition) is 1. The van der Waals surface area contributed by atoms with Crippen molar-refractivity contribution in [2.24, 2.45) is 0 Å². The third-order valence-electron chi connectivity index (χ3n) is 4.48. The van der Waals surface area contributed by atoms with E-state index in [2.05, 4.69) is 15.2 Å². The fraction of sp³-hybridized carbons (Fsp3) is 0.625. The number of rotatable bonds is 6. The maximum atomic E-state index is 12.8. The molecule has 3 rings (SSSR count). The van der Waals surface area contributed by atoms with Crippen LogP contribution in [-0.2, 0) is 22.7 Å². The number of carbonyl (C=O) groups excluding carboxylic acids is 1. The van der Waals surface area contributed by atoms with Gasteiger partial charge in [0.25, 0.3) is 0 Å². The lowest BCUT2D eigenvalue weighted by atomic mass is 10.0. The Hall–Kier alpha value is -2.00. The SMILES string of the molecule is COCc1nc(C2CCCCN2C(=O)CCn2c(C)csc2=O)n[nH]1. The Balaban J connectivity index is 1.69. The van der Waals surface area contributed by atoms with E-state index in [1.807, 2.05) is 17.2 Å². The molecule has 0 aliphatic carbocycles. The molecular weight excluding hydrogens is 342 g/mol. The number of thiazole rings is 1. The molecule has 2 aromatic heterocycles. The van der Waals surface area contributed by atoms with Crippen LogP contribution in [0.4, 0.5) is 0 Å². The third-order valence-corrected chi connectivity index (χ3v) is 5.36. The van der Waals surface area contributed by atoms with Gasteiger partial charge in [0.2, 0.25) is 5.91 Å². The van der Waals surface area contributed by atoms with Gasteiger partial charge in [-0.3, -0.25) is 14.7 Å². The molecule has 1 aliphatic heterocycles. The number of aryl methyl sites for hydroxylation is 1. The Bertz CT molecular complexity index is 781. The summed E-state index contributed by atoms with van der Waals surface area (Å²) in [7, 11) is 1.60. The second-order valence-electron chi connectivity index (χ2n) is 6.22. The Labute approximate surface area is 149 Å². The predicted molar refractivity (Wildman–Crippen MR) is 93.3 cm³/mol. The summed E-state index contributed by atoms with van der Waals surface area (Å²) in [6, 6.07) is -0.108. The van der Waals surface area contributed by atoms with Gasteiger partial charge in [0, 0.05) is 37.7 Å². The maximum absolute atomic E-state index is 12.8. The molecule has 9 heteroatoms. The largest absolute Gasteiger partial charge is 0.377 e. The van der Waals surface area contributed by atoms with Crippen LogP contribution in [-0.4, -0.2) is 44.2 Å². The second-order valence-corrected chi connectivity index (χ2v) is 7.04. The van der Waals surface area contributed by atoms with Crippen LogP contribution in [0.15, 0.2) is 10.2 Å². The lowest BCUT2D eigenvalue weighted by Crippen LogP contribution is -2.39. The zero-order chi connectivity index (χ0) is 17.8. The Kier molecular flexibility index (Phi) is 5.64. The molecule has 0 spiro atoms. The molecule has 8 nitrogen and oxygen atoms in total. The summed E-state index contributed by atoms with van der Waals surface area (Å²) in [5, 5.41) is 8.95. The number of aromatic amines is 1. The standard InChI is InChI=1S/C16H23N5O3S/c1-11-10-25-16(23)20(11)8-6-14(22)21-7-4-3-5-12(21)15-17-13(9-24-2)18-19-15/h10,12H,3-9H2,1-2H3,(H,17,18,19). The van der Waals surface area contributed by atoms with E-state index in [0.717, 1.165) is 25.0 Å². The number of piperidine rings is 1. The van der Waals surface area contributed by atoms with Crippen LogP contribution in [0.25, 0.3) is 0 Å². The number of nitrogens with zero attached hydrogens (tertiary/aromatic N) is 4. The number of nitrogens with one attached hydrogen (secondary N) is 1. The van der Waals surface area contributed by atoms with Gasteiger partial charge in [0.05, 0.1) is 6.04 Å². The quantitative estimate of drug-likeness (QED) is 0.840. The average Bonchev–Trinajstić information content (AvgIpc) is 3.20. The monoisotopic (exact) mass is 365 g/mol. The number of aromatic nitrogens is 4.